The first-order chi connectivity index (χ1) is 9.22. The van der Waals surface area contributed by atoms with Crippen LogP contribution < -0.4 is 5.32 Å². The average molecular weight is 259 g/mol. The predicted octanol–water partition coefficient (Wildman–Crippen LogP) is 0.979. The Morgan fingerprint density at radius 2 is 2.05 bits per heavy atom. The topological polar surface area (TPSA) is 84.1 Å². The summed E-state index contributed by atoms with van der Waals surface area (Å²) in [4.78, 5) is 22.9. The summed E-state index contributed by atoms with van der Waals surface area (Å²) >= 11 is 0. The number of hydrogen-bond donors (Lipinski definition) is 2. The molecule has 6 nitrogen and oxygen atoms in total. The van der Waals surface area contributed by atoms with Crippen LogP contribution in [0.1, 0.15) is 10.4 Å². The van der Waals surface area contributed by atoms with Crippen molar-refractivity contribution in [2.45, 2.75) is 0 Å². The van der Waals surface area contributed by atoms with Crippen molar-refractivity contribution in [3.63, 3.8) is 0 Å². The summed E-state index contributed by atoms with van der Waals surface area (Å²) in [6.07, 6.45) is 1.43. The van der Waals surface area contributed by atoms with Crippen LogP contribution in [-0.2, 0) is 9.53 Å². The van der Waals surface area contributed by atoms with Gasteiger partial charge in [-0.3, -0.25) is 14.7 Å². The average Bonchev–Trinajstić information content (AvgIpc) is 2.94. The van der Waals surface area contributed by atoms with Gasteiger partial charge in [0.1, 0.15) is 6.54 Å². The SMILES string of the molecule is COC(=O)CNC(=O)c1cn[nH]c1-c1ccccc1. The van der Waals surface area contributed by atoms with E-state index in [1.807, 2.05) is 30.3 Å². The Kier molecular flexibility index (Phi) is 3.92. The Morgan fingerprint density at radius 3 is 2.74 bits per heavy atom. The van der Waals surface area contributed by atoms with Crippen LogP contribution in [-0.4, -0.2) is 35.7 Å². The maximum atomic E-state index is 11.9. The lowest BCUT2D eigenvalue weighted by atomic mass is 10.1. The third-order valence-corrected chi connectivity index (χ3v) is 2.57. The molecular weight excluding hydrogens is 246 g/mol. The van der Waals surface area contributed by atoms with E-state index in [2.05, 4.69) is 20.3 Å². The molecule has 2 rings (SSSR count). The van der Waals surface area contributed by atoms with Crippen molar-refractivity contribution in [3.05, 3.63) is 42.1 Å². The molecule has 0 atom stereocenters. The lowest BCUT2D eigenvalue weighted by Gasteiger charge is -2.04. The van der Waals surface area contributed by atoms with E-state index in [9.17, 15) is 9.59 Å². The normalized spacial score (nSPS) is 9.95. The molecule has 1 amide bonds. The third kappa shape index (κ3) is 2.98. The van der Waals surface area contributed by atoms with E-state index in [4.69, 9.17) is 0 Å². The summed E-state index contributed by atoms with van der Waals surface area (Å²) in [6, 6.07) is 9.35. The first-order valence-corrected chi connectivity index (χ1v) is 5.66. The molecule has 6 heteroatoms. The van der Waals surface area contributed by atoms with Gasteiger partial charge in [-0.1, -0.05) is 30.3 Å². The van der Waals surface area contributed by atoms with E-state index in [-0.39, 0.29) is 12.5 Å². The van der Waals surface area contributed by atoms with Gasteiger partial charge in [0.15, 0.2) is 0 Å². The Bertz CT molecular complexity index is 578. The van der Waals surface area contributed by atoms with Crippen molar-refractivity contribution < 1.29 is 14.3 Å². The molecule has 0 aliphatic carbocycles. The molecule has 0 aliphatic heterocycles. The minimum atomic E-state index is -0.502. The number of methoxy groups -OCH3 is 1. The second kappa shape index (κ2) is 5.81. The standard InChI is InChI=1S/C13H13N3O3/c1-19-11(17)8-14-13(18)10-7-15-16-12(10)9-5-3-2-4-6-9/h2-7H,8H2,1H3,(H,14,18)(H,15,16). The highest BCUT2D eigenvalue weighted by Gasteiger charge is 2.15. The highest BCUT2D eigenvalue weighted by atomic mass is 16.5. The summed E-state index contributed by atoms with van der Waals surface area (Å²) in [5, 5.41) is 9.11. The van der Waals surface area contributed by atoms with Crippen LogP contribution in [0.3, 0.4) is 0 Å². The van der Waals surface area contributed by atoms with Crippen molar-refractivity contribution in [3.8, 4) is 11.3 Å². The number of carbonyl (C=O) groups excluding carboxylic acids is 2. The van der Waals surface area contributed by atoms with Gasteiger partial charge in [0.05, 0.1) is 24.6 Å². The Balaban J connectivity index is 2.16. The quantitative estimate of drug-likeness (QED) is 0.802. The van der Waals surface area contributed by atoms with Gasteiger partial charge >= 0.3 is 5.97 Å². The van der Waals surface area contributed by atoms with E-state index < -0.39 is 5.97 Å². The van der Waals surface area contributed by atoms with Gasteiger partial charge in [0.2, 0.25) is 0 Å². The van der Waals surface area contributed by atoms with Gasteiger partial charge in [-0.25, -0.2) is 0 Å². The molecule has 0 fully saturated rings. The lowest BCUT2D eigenvalue weighted by Crippen LogP contribution is -2.30. The molecule has 1 heterocycles. The van der Waals surface area contributed by atoms with Crippen LogP contribution in [0.25, 0.3) is 11.3 Å². The van der Waals surface area contributed by atoms with Crippen LogP contribution in [0.5, 0.6) is 0 Å². The smallest absolute Gasteiger partial charge is 0.325 e. The van der Waals surface area contributed by atoms with E-state index in [1.165, 1.54) is 13.3 Å². The van der Waals surface area contributed by atoms with Crippen molar-refractivity contribution in [2.24, 2.45) is 0 Å². The number of benzene rings is 1. The molecule has 0 radical (unpaired) electrons. The summed E-state index contributed by atoms with van der Waals surface area (Å²) in [5.74, 6) is -0.879. The summed E-state index contributed by atoms with van der Waals surface area (Å²) in [5.41, 5.74) is 1.85. The zero-order valence-electron chi connectivity index (χ0n) is 10.3. The Hall–Kier alpha value is -2.63. The van der Waals surface area contributed by atoms with Crippen LogP contribution in [0.4, 0.5) is 0 Å². The number of H-pyrrole nitrogens is 1. The molecule has 0 bridgehead atoms. The first kappa shape index (κ1) is 12.8. The number of aromatic amines is 1. The van der Waals surface area contributed by atoms with Crippen molar-refractivity contribution in [2.75, 3.05) is 13.7 Å². The molecule has 19 heavy (non-hydrogen) atoms. The number of rotatable bonds is 4. The fourth-order valence-corrected chi connectivity index (χ4v) is 1.60. The van der Waals surface area contributed by atoms with Gasteiger partial charge in [0.25, 0.3) is 5.91 Å². The molecular formula is C13H13N3O3. The fraction of sp³-hybridized carbons (Fsp3) is 0.154. The highest BCUT2D eigenvalue weighted by Crippen LogP contribution is 2.20. The van der Waals surface area contributed by atoms with Gasteiger partial charge in [-0.2, -0.15) is 5.10 Å². The van der Waals surface area contributed by atoms with Crippen molar-refractivity contribution in [1.29, 1.82) is 0 Å². The Morgan fingerprint density at radius 1 is 1.32 bits per heavy atom. The minimum absolute atomic E-state index is 0.172. The first-order valence-electron chi connectivity index (χ1n) is 5.66. The molecule has 0 saturated heterocycles. The van der Waals surface area contributed by atoms with E-state index >= 15 is 0 Å². The summed E-state index contributed by atoms with van der Waals surface area (Å²) < 4.78 is 4.46. The minimum Gasteiger partial charge on any atom is -0.468 e. The number of aromatic nitrogens is 2. The number of ether oxygens (including phenoxy) is 1. The molecule has 2 N–H and O–H groups in total. The van der Waals surface area contributed by atoms with Gasteiger partial charge < -0.3 is 10.1 Å². The molecule has 0 saturated carbocycles. The molecule has 0 aliphatic rings. The van der Waals surface area contributed by atoms with Gasteiger partial charge in [-0.15, -0.1) is 0 Å². The molecule has 1 aromatic heterocycles. The zero-order chi connectivity index (χ0) is 13.7. The van der Waals surface area contributed by atoms with Crippen molar-refractivity contribution in [1.82, 2.24) is 15.5 Å². The molecule has 1 aromatic carbocycles. The van der Waals surface area contributed by atoms with Crippen LogP contribution in [0.15, 0.2) is 36.5 Å². The largest absolute Gasteiger partial charge is 0.468 e. The summed E-state index contributed by atoms with van der Waals surface area (Å²) in [6.45, 7) is -0.172. The van der Waals surface area contributed by atoms with E-state index in [0.29, 0.717) is 11.3 Å². The number of esters is 1. The predicted molar refractivity (Wildman–Crippen MR) is 68.4 cm³/mol. The zero-order valence-corrected chi connectivity index (χ0v) is 10.3. The molecule has 2 aromatic rings. The number of nitrogens with one attached hydrogen (secondary N) is 2. The number of amides is 1. The van der Waals surface area contributed by atoms with Gasteiger partial charge in [0, 0.05) is 5.56 Å². The molecule has 98 valence electrons. The lowest BCUT2D eigenvalue weighted by molar-refractivity contribution is -0.139. The van der Waals surface area contributed by atoms with E-state index in [1.54, 1.807) is 0 Å². The number of hydrogen-bond acceptors (Lipinski definition) is 4. The summed E-state index contributed by atoms with van der Waals surface area (Å²) in [7, 11) is 1.27. The van der Waals surface area contributed by atoms with E-state index in [0.717, 1.165) is 5.56 Å². The van der Waals surface area contributed by atoms with Crippen LogP contribution in [0, 0.1) is 0 Å². The monoisotopic (exact) mass is 259 g/mol. The Labute approximate surface area is 109 Å². The highest BCUT2D eigenvalue weighted by molar-refractivity contribution is 6.00. The van der Waals surface area contributed by atoms with Crippen LogP contribution in [0.2, 0.25) is 0 Å². The maximum Gasteiger partial charge on any atom is 0.325 e. The third-order valence-electron chi connectivity index (χ3n) is 2.57. The van der Waals surface area contributed by atoms with Crippen LogP contribution >= 0.6 is 0 Å². The molecule has 0 unspecified atom stereocenters. The maximum absolute atomic E-state index is 11.9. The second-order valence-electron chi connectivity index (χ2n) is 3.78. The molecule has 0 spiro atoms. The second-order valence-corrected chi connectivity index (χ2v) is 3.78. The van der Waals surface area contributed by atoms with Crippen molar-refractivity contribution >= 4 is 11.9 Å². The fourth-order valence-electron chi connectivity index (χ4n) is 1.60. The number of nitrogens with zero attached hydrogens (tertiary/aromatic N) is 1. The van der Waals surface area contributed by atoms with Gasteiger partial charge in [-0.05, 0) is 0 Å². The number of carbonyl (C=O) groups is 2.